The first-order chi connectivity index (χ1) is 28.3. The molecule has 0 fully saturated rings. The van der Waals surface area contributed by atoms with E-state index in [-0.39, 0.29) is 0 Å². The van der Waals surface area contributed by atoms with E-state index < -0.39 is 0 Å². The van der Waals surface area contributed by atoms with Gasteiger partial charge in [0.2, 0.25) is 0 Å². The molecular weight excluding hydrogens is 727 g/mol. The van der Waals surface area contributed by atoms with Gasteiger partial charge in [-0.1, -0.05) is 170 Å². The topological polar surface area (TPSA) is 3.24 Å². The summed E-state index contributed by atoms with van der Waals surface area (Å²) in [5.74, 6) is 0. The molecule has 0 bridgehead atoms. The highest BCUT2D eigenvalue weighted by molar-refractivity contribution is 7.27. The van der Waals surface area contributed by atoms with Crippen LogP contribution in [0.2, 0.25) is 0 Å². The summed E-state index contributed by atoms with van der Waals surface area (Å²) in [7, 11) is 0. The van der Waals surface area contributed by atoms with Crippen LogP contribution in [0.15, 0.2) is 212 Å². The van der Waals surface area contributed by atoms with E-state index in [2.05, 4.69) is 217 Å². The Morgan fingerprint density at radius 2 is 0.737 bits per heavy atom. The molecule has 9 aromatic carbocycles. The van der Waals surface area contributed by atoms with Gasteiger partial charge in [0.05, 0.1) is 10.4 Å². The van der Waals surface area contributed by atoms with Gasteiger partial charge in [-0.15, -0.1) is 22.7 Å². The quantitative estimate of drug-likeness (QED) is 0.156. The summed E-state index contributed by atoms with van der Waals surface area (Å²) >= 11 is 3.76. The third-order valence-electron chi connectivity index (χ3n) is 11.1. The third-order valence-corrected chi connectivity index (χ3v) is 13.5. The molecule has 0 atom stereocenters. The van der Waals surface area contributed by atoms with E-state index in [1.165, 1.54) is 90.5 Å². The second kappa shape index (κ2) is 14.1. The van der Waals surface area contributed by atoms with Gasteiger partial charge in [0, 0.05) is 47.0 Å². The maximum Gasteiger partial charge on any atom is 0.0640 e. The van der Waals surface area contributed by atoms with Crippen molar-refractivity contribution in [1.82, 2.24) is 0 Å². The van der Waals surface area contributed by atoms with Gasteiger partial charge in [0.25, 0.3) is 0 Å². The van der Waals surface area contributed by atoms with Gasteiger partial charge in [0.1, 0.15) is 0 Å². The van der Waals surface area contributed by atoms with E-state index in [4.69, 9.17) is 0 Å². The molecule has 0 saturated carbocycles. The summed E-state index contributed by atoms with van der Waals surface area (Å²) in [5, 5.41) is 5.24. The number of rotatable bonds is 7. The van der Waals surface area contributed by atoms with E-state index in [1.54, 1.807) is 0 Å². The van der Waals surface area contributed by atoms with Crippen molar-refractivity contribution >= 4 is 80.1 Å². The van der Waals surface area contributed by atoms with Gasteiger partial charge >= 0.3 is 0 Å². The molecular formula is C54H35NS2. The predicted molar refractivity (Wildman–Crippen MR) is 249 cm³/mol. The first kappa shape index (κ1) is 33.5. The van der Waals surface area contributed by atoms with Crippen LogP contribution in [-0.2, 0) is 0 Å². The smallest absolute Gasteiger partial charge is 0.0640 e. The number of hydrogen-bond acceptors (Lipinski definition) is 3. The zero-order valence-corrected chi connectivity index (χ0v) is 32.6. The van der Waals surface area contributed by atoms with Gasteiger partial charge in [-0.05, 0) is 87.0 Å². The minimum atomic E-state index is 1.12. The number of hydrogen-bond donors (Lipinski definition) is 0. The molecule has 3 heteroatoms. The fraction of sp³-hybridized carbons (Fsp3) is 0. The molecule has 0 radical (unpaired) electrons. The maximum atomic E-state index is 2.42. The number of anilines is 3. The molecule has 1 nitrogen and oxygen atoms in total. The largest absolute Gasteiger partial charge is 0.309 e. The Hall–Kier alpha value is -6.78. The van der Waals surface area contributed by atoms with E-state index in [0.717, 1.165) is 11.4 Å². The summed E-state index contributed by atoms with van der Waals surface area (Å²) < 4.78 is 5.25. The minimum Gasteiger partial charge on any atom is -0.309 e. The maximum absolute atomic E-state index is 2.42. The molecule has 0 aliphatic carbocycles. The monoisotopic (exact) mass is 761 g/mol. The van der Waals surface area contributed by atoms with Crippen molar-refractivity contribution in [3.05, 3.63) is 212 Å². The Kier molecular flexibility index (Phi) is 8.28. The Morgan fingerprint density at radius 3 is 1.42 bits per heavy atom. The highest BCUT2D eigenvalue weighted by Gasteiger charge is 2.20. The Morgan fingerprint density at radius 1 is 0.281 bits per heavy atom. The molecule has 0 aliphatic heterocycles. The fourth-order valence-electron chi connectivity index (χ4n) is 8.35. The Bertz CT molecular complexity index is 3200. The van der Waals surface area contributed by atoms with Crippen molar-refractivity contribution in [2.75, 3.05) is 4.90 Å². The molecule has 0 aliphatic rings. The van der Waals surface area contributed by atoms with Gasteiger partial charge in [-0.3, -0.25) is 0 Å². The lowest BCUT2D eigenvalue weighted by Gasteiger charge is -2.26. The summed E-state index contributed by atoms with van der Waals surface area (Å²) in [6, 6.07) is 77.4. The summed E-state index contributed by atoms with van der Waals surface area (Å²) in [4.78, 5) is 2.42. The van der Waals surface area contributed by atoms with Crippen molar-refractivity contribution in [3.63, 3.8) is 0 Å². The zero-order valence-electron chi connectivity index (χ0n) is 31.0. The van der Waals surface area contributed by atoms with Crippen LogP contribution in [0.25, 0.3) is 84.9 Å². The van der Waals surface area contributed by atoms with Gasteiger partial charge in [-0.25, -0.2) is 0 Å². The van der Waals surface area contributed by atoms with Crippen LogP contribution in [0.5, 0.6) is 0 Å². The van der Waals surface area contributed by atoms with Gasteiger partial charge in [0.15, 0.2) is 0 Å². The second-order valence-corrected chi connectivity index (χ2v) is 16.6. The molecule has 0 amide bonds. The van der Waals surface area contributed by atoms with Crippen LogP contribution in [0.1, 0.15) is 0 Å². The molecule has 2 aromatic heterocycles. The molecule has 268 valence electrons. The average molecular weight is 762 g/mol. The van der Waals surface area contributed by atoms with Crippen LogP contribution in [0.3, 0.4) is 0 Å². The van der Waals surface area contributed by atoms with Crippen molar-refractivity contribution < 1.29 is 0 Å². The highest BCUT2D eigenvalue weighted by Crippen LogP contribution is 2.47. The van der Waals surface area contributed by atoms with E-state index in [0.29, 0.717) is 0 Å². The SMILES string of the molecule is c1ccc(-c2ccc(N(c3ccc(-c4ccc(-c5cccc6sc7ccccc7c56)cc4)cc3)c3cccc4c3sc3c(-c5ccccc5)cccc34)cc2)cc1. The van der Waals surface area contributed by atoms with E-state index in [1.807, 2.05) is 22.7 Å². The van der Waals surface area contributed by atoms with Crippen molar-refractivity contribution in [3.8, 4) is 44.5 Å². The van der Waals surface area contributed by atoms with Crippen LogP contribution in [-0.4, -0.2) is 0 Å². The molecule has 0 spiro atoms. The standard InChI is InChI=1S/C54H35NS2/c1-3-12-36(13-4-1)38-28-32-42(33-29-38)55(49-21-10-20-47-46-19-9-18-45(53(46)57-54(47)49)40-14-5-2-6-15-40)43-34-30-39(31-35-43)37-24-26-41(27-25-37)44-17-11-23-51-52(44)48-16-7-8-22-50(48)56-51/h1-35H. The highest BCUT2D eigenvalue weighted by atomic mass is 32.1. The minimum absolute atomic E-state index is 1.12. The average Bonchev–Trinajstić information content (AvgIpc) is 3.87. The van der Waals surface area contributed by atoms with Crippen LogP contribution < -0.4 is 4.90 Å². The lowest BCUT2D eigenvalue weighted by atomic mass is 9.97. The second-order valence-electron chi connectivity index (χ2n) is 14.5. The van der Waals surface area contributed by atoms with Crippen molar-refractivity contribution in [2.45, 2.75) is 0 Å². The number of nitrogens with zero attached hydrogens (tertiary/aromatic N) is 1. The lowest BCUT2D eigenvalue weighted by Crippen LogP contribution is -2.10. The third kappa shape index (κ3) is 5.91. The Balaban J connectivity index is 1.000. The summed E-state index contributed by atoms with van der Waals surface area (Å²) in [6.07, 6.45) is 0. The molecule has 0 N–H and O–H groups in total. The molecule has 0 saturated heterocycles. The molecule has 0 unspecified atom stereocenters. The van der Waals surface area contributed by atoms with Crippen molar-refractivity contribution in [1.29, 1.82) is 0 Å². The number of thiophene rings is 2. The predicted octanol–water partition coefficient (Wildman–Crippen LogP) is 16.6. The van der Waals surface area contributed by atoms with Crippen molar-refractivity contribution in [2.24, 2.45) is 0 Å². The van der Waals surface area contributed by atoms with Crippen LogP contribution in [0.4, 0.5) is 17.1 Å². The van der Waals surface area contributed by atoms with Gasteiger partial charge in [-0.2, -0.15) is 0 Å². The Labute approximate surface area is 340 Å². The van der Waals surface area contributed by atoms with Gasteiger partial charge < -0.3 is 4.90 Å². The van der Waals surface area contributed by atoms with Crippen LogP contribution >= 0.6 is 22.7 Å². The number of fused-ring (bicyclic) bond motifs is 6. The molecule has 11 aromatic rings. The fourth-order valence-corrected chi connectivity index (χ4v) is 10.8. The molecule has 57 heavy (non-hydrogen) atoms. The van der Waals surface area contributed by atoms with E-state index in [9.17, 15) is 0 Å². The number of benzene rings is 9. The summed E-state index contributed by atoms with van der Waals surface area (Å²) in [6.45, 7) is 0. The summed E-state index contributed by atoms with van der Waals surface area (Å²) in [5.41, 5.74) is 13.3. The first-order valence-electron chi connectivity index (χ1n) is 19.3. The molecule has 2 heterocycles. The zero-order chi connectivity index (χ0) is 37.7. The normalized spacial score (nSPS) is 11.5. The first-order valence-corrected chi connectivity index (χ1v) is 21.0. The van der Waals surface area contributed by atoms with Crippen LogP contribution in [0, 0.1) is 0 Å². The lowest BCUT2D eigenvalue weighted by molar-refractivity contribution is 1.30. The molecule has 11 rings (SSSR count). The van der Waals surface area contributed by atoms with E-state index >= 15 is 0 Å².